The minimum atomic E-state index is -4.31. The lowest BCUT2D eigenvalue weighted by Crippen LogP contribution is -2.41. The zero-order valence-electron chi connectivity index (χ0n) is 18.6. The highest BCUT2D eigenvalue weighted by atomic mass is 19.4. The van der Waals surface area contributed by atoms with E-state index in [0.29, 0.717) is 25.2 Å². The molecule has 0 saturated heterocycles. The fourth-order valence-electron chi connectivity index (χ4n) is 3.93. The molecule has 5 heteroatoms. The van der Waals surface area contributed by atoms with Crippen molar-refractivity contribution in [2.45, 2.75) is 97.4 Å². The SMILES string of the molecule is CCCCCCCCC(CCc1cccc(C(F)(F)F)c1)C(C)(OCC)OCC. The molecule has 1 rings (SSSR count). The maximum Gasteiger partial charge on any atom is 0.416 e. The van der Waals surface area contributed by atoms with Crippen LogP contribution in [-0.4, -0.2) is 19.0 Å². The summed E-state index contributed by atoms with van der Waals surface area (Å²) >= 11 is 0. The normalized spacial score (nSPS) is 13.6. The summed E-state index contributed by atoms with van der Waals surface area (Å²) in [5.41, 5.74) is 0.128. The van der Waals surface area contributed by atoms with Gasteiger partial charge in [-0.2, -0.15) is 13.2 Å². The molecule has 1 aromatic carbocycles. The summed E-state index contributed by atoms with van der Waals surface area (Å²) in [7, 11) is 0. The molecule has 0 fully saturated rings. The van der Waals surface area contributed by atoms with Gasteiger partial charge in [0.05, 0.1) is 5.56 Å². The van der Waals surface area contributed by atoms with Crippen molar-refractivity contribution in [1.82, 2.24) is 0 Å². The number of hydrogen-bond acceptors (Lipinski definition) is 2. The molecule has 0 aliphatic carbocycles. The molecular formula is C24H39F3O2. The summed E-state index contributed by atoms with van der Waals surface area (Å²) in [4.78, 5) is 0. The zero-order chi connectivity index (χ0) is 21.8. The van der Waals surface area contributed by atoms with Crippen LogP contribution in [-0.2, 0) is 22.1 Å². The van der Waals surface area contributed by atoms with Crippen molar-refractivity contribution in [3.05, 3.63) is 35.4 Å². The Morgan fingerprint density at radius 1 is 0.862 bits per heavy atom. The van der Waals surface area contributed by atoms with Crippen LogP contribution in [0.25, 0.3) is 0 Å². The Labute approximate surface area is 175 Å². The van der Waals surface area contributed by atoms with Crippen LogP contribution in [0.3, 0.4) is 0 Å². The Morgan fingerprint density at radius 3 is 2.07 bits per heavy atom. The molecule has 1 atom stereocenters. The van der Waals surface area contributed by atoms with Gasteiger partial charge in [0.2, 0.25) is 0 Å². The average Bonchev–Trinajstić information content (AvgIpc) is 2.66. The highest BCUT2D eigenvalue weighted by Crippen LogP contribution is 2.34. The Hall–Kier alpha value is -1.07. The lowest BCUT2D eigenvalue weighted by atomic mass is 9.87. The Balaban J connectivity index is 2.79. The van der Waals surface area contributed by atoms with Gasteiger partial charge in [0.1, 0.15) is 0 Å². The van der Waals surface area contributed by atoms with E-state index in [1.54, 1.807) is 6.07 Å². The summed E-state index contributed by atoms with van der Waals surface area (Å²) in [6, 6.07) is 5.66. The van der Waals surface area contributed by atoms with Crippen molar-refractivity contribution in [3.8, 4) is 0 Å². The van der Waals surface area contributed by atoms with E-state index in [-0.39, 0.29) is 5.92 Å². The summed E-state index contributed by atoms with van der Waals surface area (Å²) in [5.74, 6) is -0.558. The summed E-state index contributed by atoms with van der Waals surface area (Å²) in [6.07, 6.45) is 5.24. The van der Waals surface area contributed by atoms with E-state index in [1.165, 1.54) is 44.2 Å². The third-order valence-corrected chi connectivity index (χ3v) is 5.55. The van der Waals surface area contributed by atoms with Crippen LogP contribution in [0, 0.1) is 5.92 Å². The Bertz CT molecular complexity index is 551. The van der Waals surface area contributed by atoms with Gasteiger partial charge in [0.15, 0.2) is 5.79 Å². The third-order valence-electron chi connectivity index (χ3n) is 5.55. The molecule has 168 valence electrons. The van der Waals surface area contributed by atoms with Gasteiger partial charge in [0.25, 0.3) is 0 Å². The lowest BCUT2D eigenvalue weighted by Gasteiger charge is -2.37. The number of unbranched alkanes of at least 4 members (excludes halogenated alkanes) is 5. The van der Waals surface area contributed by atoms with Crippen LogP contribution in [0.2, 0.25) is 0 Å². The summed E-state index contributed by atoms with van der Waals surface area (Å²) in [5, 5.41) is 0. The third kappa shape index (κ3) is 9.52. The highest BCUT2D eigenvalue weighted by Gasteiger charge is 2.35. The number of rotatable bonds is 15. The van der Waals surface area contributed by atoms with Crippen molar-refractivity contribution >= 4 is 0 Å². The molecule has 0 aromatic heterocycles. The van der Waals surface area contributed by atoms with Crippen LogP contribution in [0.1, 0.15) is 90.2 Å². The molecule has 0 saturated carbocycles. The molecule has 0 heterocycles. The van der Waals surface area contributed by atoms with Gasteiger partial charge in [-0.3, -0.25) is 0 Å². The fraction of sp³-hybridized carbons (Fsp3) is 0.750. The van der Waals surface area contributed by atoms with Gasteiger partial charge >= 0.3 is 6.18 Å². The van der Waals surface area contributed by atoms with Gasteiger partial charge in [-0.25, -0.2) is 0 Å². The minimum Gasteiger partial charge on any atom is -0.350 e. The van der Waals surface area contributed by atoms with Crippen molar-refractivity contribution in [2.24, 2.45) is 5.92 Å². The second-order valence-corrected chi connectivity index (χ2v) is 7.87. The number of benzene rings is 1. The second kappa shape index (κ2) is 13.3. The number of aryl methyl sites for hydroxylation is 1. The maximum absolute atomic E-state index is 13.0. The van der Waals surface area contributed by atoms with Gasteiger partial charge < -0.3 is 9.47 Å². The molecule has 0 aliphatic rings. The first-order valence-corrected chi connectivity index (χ1v) is 11.2. The Kier molecular flexibility index (Phi) is 11.9. The molecule has 1 aromatic rings. The molecule has 0 bridgehead atoms. The van der Waals surface area contributed by atoms with Crippen LogP contribution in [0.15, 0.2) is 24.3 Å². The zero-order valence-corrected chi connectivity index (χ0v) is 18.6. The van der Waals surface area contributed by atoms with Crippen molar-refractivity contribution in [2.75, 3.05) is 13.2 Å². The number of hydrogen-bond donors (Lipinski definition) is 0. The Morgan fingerprint density at radius 2 is 1.48 bits per heavy atom. The van der Waals surface area contributed by atoms with Crippen molar-refractivity contribution < 1.29 is 22.6 Å². The molecule has 0 radical (unpaired) electrons. The molecule has 2 nitrogen and oxygen atoms in total. The van der Waals surface area contributed by atoms with E-state index in [1.807, 2.05) is 20.8 Å². The molecule has 0 spiro atoms. The van der Waals surface area contributed by atoms with Gasteiger partial charge in [-0.1, -0.05) is 63.6 Å². The maximum atomic E-state index is 13.0. The average molecular weight is 417 g/mol. The topological polar surface area (TPSA) is 18.5 Å². The minimum absolute atomic E-state index is 0.142. The van der Waals surface area contributed by atoms with E-state index in [4.69, 9.17) is 9.47 Å². The monoisotopic (exact) mass is 416 g/mol. The summed E-state index contributed by atoms with van der Waals surface area (Å²) < 4.78 is 51.0. The largest absolute Gasteiger partial charge is 0.416 e. The molecule has 0 N–H and O–H groups in total. The van der Waals surface area contributed by atoms with E-state index in [0.717, 1.165) is 25.3 Å². The second-order valence-electron chi connectivity index (χ2n) is 7.87. The highest BCUT2D eigenvalue weighted by molar-refractivity contribution is 5.25. The van der Waals surface area contributed by atoms with Crippen LogP contribution in [0.5, 0.6) is 0 Å². The van der Waals surface area contributed by atoms with Gasteiger partial charge in [-0.05, 0) is 51.7 Å². The molecule has 29 heavy (non-hydrogen) atoms. The first kappa shape index (κ1) is 26.0. The number of alkyl halides is 3. The van der Waals surface area contributed by atoms with Crippen LogP contribution in [0.4, 0.5) is 13.2 Å². The molecule has 1 unspecified atom stereocenters. The number of halogens is 3. The van der Waals surface area contributed by atoms with E-state index in [2.05, 4.69) is 6.92 Å². The van der Waals surface area contributed by atoms with E-state index in [9.17, 15) is 13.2 Å². The predicted molar refractivity (Wildman–Crippen MR) is 113 cm³/mol. The smallest absolute Gasteiger partial charge is 0.350 e. The van der Waals surface area contributed by atoms with Crippen LogP contribution >= 0.6 is 0 Å². The first-order chi connectivity index (χ1) is 13.8. The first-order valence-electron chi connectivity index (χ1n) is 11.2. The molecule has 0 aliphatic heterocycles. The lowest BCUT2D eigenvalue weighted by molar-refractivity contribution is -0.254. The van der Waals surface area contributed by atoms with Crippen LogP contribution < -0.4 is 0 Å². The number of ether oxygens (including phenoxy) is 2. The predicted octanol–water partition coefficient (Wildman–Crippen LogP) is 7.79. The molecular weight excluding hydrogens is 377 g/mol. The molecule has 0 amide bonds. The van der Waals surface area contributed by atoms with Gasteiger partial charge in [-0.15, -0.1) is 0 Å². The van der Waals surface area contributed by atoms with Crippen molar-refractivity contribution in [1.29, 1.82) is 0 Å². The van der Waals surface area contributed by atoms with E-state index < -0.39 is 17.5 Å². The quantitative estimate of drug-likeness (QED) is 0.214. The van der Waals surface area contributed by atoms with E-state index >= 15 is 0 Å². The summed E-state index contributed by atoms with van der Waals surface area (Å²) in [6.45, 7) is 9.19. The fourth-order valence-corrected chi connectivity index (χ4v) is 3.93. The van der Waals surface area contributed by atoms with Gasteiger partial charge in [0, 0.05) is 19.1 Å². The standard InChI is InChI=1S/C24H39F3O2/c1-5-8-9-10-11-12-15-21(23(4,28-6-2)29-7-3)18-17-20-14-13-16-22(19-20)24(25,26)27/h13-14,16,19,21H,5-12,15,17-18H2,1-4H3. The van der Waals surface area contributed by atoms with Crippen molar-refractivity contribution in [3.63, 3.8) is 0 Å².